The molecule has 0 aliphatic rings. The molecule has 28 valence electrons. The minimum Gasteiger partial charge on any atom is -1.00 e. The van der Waals surface area contributed by atoms with Gasteiger partial charge in [-0.3, -0.25) is 6.54 Å². The Hall–Kier alpha value is 1.92. The van der Waals surface area contributed by atoms with Gasteiger partial charge in [0.2, 0.25) is 0 Å². The van der Waals surface area contributed by atoms with E-state index >= 15 is 0 Å². The standard InChI is InChI=1S/C2H7N2.2Na.H/c3-1-2-4;;;/h1H,2-4H2;;;/q-1;2*+1;-1. The van der Waals surface area contributed by atoms with Crippen molar-refractivity contribution in [3.05, 3.63) is 6.54 Å². The molecule has 0 fully saturated rings. The van der Waals surface area contributed by atoms with Crippen LogP contribution >= 0.6 is 0 Å². The zero-order valence-corrected chi connectivity index (χ0v) is 8.44. The van der Waals surface area contributed by atoms with E-state index in [2.05, 4.69) is 0 Å². The summed E-state index contributed by atoms with van der Waals surface area (Å²) in [7, 11) is 0. The Morgan fingerprint density at radius 2 is 1.67 bits per heavy atom. The Bertz CT molecular complexity index is 15.7. The minimum absolute atomic E-state index is 0. The smallest absolute Gasteiger partial charge is 1.00 e. The second-order valence-electron chi connectivity index (χ2n) is 0.471. The van der Waals surface area contributed by atoms with Crippen LogP contribution in [0, 0.1) is 6.54 Å². The molecular formula is C2H8N2Na2. The Morgan fingerprint density at radius 1 is 1.50 bits per heavy atom. The molecular weight excluding hydrogens is 98.0 g/mol. The summed E-state index contributed by atoms with van der Waals surface area (Å²) in [6.07, 6.45) is 0. The molecule has 6 heavy (non-hydrogen) atoms. The second kappa shape index (κ2) is 15.8. The van der Waals surface area contributed by atoms with E-state index in [9.17, 15) is 0 Å². The first-order chi connectivity index (χ1) is 1.91. The molecule has 0 spiro atoms. The number of hydrogen-bond donors (Lipinski definition) is 2. The van der Waals surface area contributed by atoms with Crippen molar-refractivity contribution in [2.75, 3.05) is 6.54 Å². The molecule has 4 heteroatoms. The first kappa shape index (κ1) is 15.7. The fourth-order valence-electron chi connectivity index (χ4n) is 0. The van der Waals surface area contributed by atoms with Crippen molar-refractivity contribution in [2.24, 2.45) is 11.5 Å². The van der Waals surface area contributed by atoms with Crippen LogP contribution in [-0.4, -0.2) is 6.54 Å². The van der Waals surface area contributed by atoms with Gasteiger partial charge in [-0.05, 0) is 0 Å². The quantitative estimate of drug-likeness (QED) is 0.258. The predicted molar refractivity (Wildman–Crippen MR) is 18.7 cm³/mol. The van der Waals surface area contributed by atoms with Crippen molar-refractivity contribution >= 4 is 0 Å². The zero-order chi connectivity index (χ0) is 3.41. The molecule has 0 aromatic carbocycles. The monoisotopic (exact) mass is 106 g/mol. The molecule has 0 aliphatic carbocycles. The fourth-order valence-corrected chi connectivity index (χ4v) is 0. The van der Waals surface area contributed by atoms with E-state index in [0.717, 1.165) is 0 Å². The van der Waals surface area contributed by atoms with E-state index in [1.165, 1.54) is 6.54 Å². The van der Waals surface area contributed by atoms with Gasteiger partial charge >= 0.3 is 59.1 Å². The van der Waals surface area contributed by atoms with Gasteiger partial charge in [0, 0.05) is 0 Å². The number of nitrogens with two attached hydrogens (primary N) is 2. The van der Waals surface area contributed by atoms with E-state index in [-0.39, 0.29) is 60.5 Å². The van der Waals surface area contributed by atoms with Crippen molar-refractivity contribution in [2.45, 2.75) is 0 Å². The van der Waals surface area contributed by atoms with E-state index in [0.29, 0.717) is 6.54 Å². The molecule has 0 amide bonds. The third kappa shape index (κ3) is 16.8. The van der Waals surface area contributed by atoms with Crippen LogP contribution in [0.2, 0.25) is 0 Å². The largest absolute Gasteiger partial charge is 1.00 e. The summed E-state index contributed by atoms with van der Waals surface area (Å²) < 4.78 is 0. The summed E-state index contributed by atoms with van der Waals surface area (Å²) in [5.41, 5.74) is 9.62. The van der Waals surface area contributed by atoms with Gasteiger partial charge in [0.05, 0.1) is 0 Å². The van der Waals surface area contributed by atoms with E-state index < -0.39 is 0 Å². The minimum atomic E-state index is 0. The normalized spacial score (nSPS) is 5.00. The van der Waals surface area contributed by atoms with Crippen LogP contribution in [0.5, 0.6) is 0 Å². The predicted octanol–water partition coefficient (Wildman–Crippen LogP) is -6.81. The maximum Gasteiger partial charge on any atom is 1.00 e. The average Bonchev–Trinajstić information content (AvgIpc) is 1.37. The molecule has 0 aliphatic heterocycles. The second-order valence-corrected chi connectivity index (χ2v) is 0.471. The van der Waals surface area contributed by atoms with Gasteiger partial charge in [-0.2, -0.15) is 0 Å². The van der Waals surface area contributed by atoms with Crippen LogP contribution in [0.1, 0.15) is 1.43 Å². The average molecular weight is 106 g/mol. The van der Waals surface area contributed by atoms with E-state index in [1.807, 2.05) is 0 Å². The van der Waals surface area contributed by atoms with Gasteiger partial charge in [0.1, 0.15) is 0 Å². The molecule has 4 N–H and O–H groups in total. The SMILES string of the molecule is N[CH-]CN.[H-].[Na+].[Na+]. The van der Waals surface area contributed by atoms with E-state index in [1.54, 1.807) is 0 Å². The van der Waals surface area contributed by atoms with Gasteiger partial charge in [-0.15, -0.1) is 6.54 Å². The van der Waals surface area contributed by atoms with Gasteiger partial charge in [0.25, 0.3) is 0 Å². The Morgan fingerprint density at radius 3 is 1.67 bits per heavy atom. The van der Waals surface area contributed by atoms with Crippen molar-refractivity contribution in [1.82, 2.24) is 0 Å². The van der Waals surface area contributed by atoms with Crippen LogP contribution in [0.25, 0.3) is 0 Å². The summed E-state index contributed by atoms with van der Waals surface area (Å²) in [5, 5.41) is 0. The molecule has 2 nitrogen and oxygen atoms in total. The third-order valence-corrected chi connectivity index (χ3v) is 0.136. The summed E-state index contributed by atoms with van der Waals surface area (Å²) in [6.45, 7) is 1.88. The van der Waals surface area contributed by atoms with Crippen molar-refractivity contribution in [3.63, 3.8) is 0 Å². The summed E-state index contributed by atoms with van der Waals surface area (Å²) in [6, 6.07) is 0. The van der Waals surface area contributed by atoms with Crippen LogP contribution in [0.15, 0.2) is 0 Å². The molecule has 0 saturated carbocycles. The topological polar surface area (TPSA) is 52.0 Å². The van der Waals surface area contributed by atoms with E-state index in [4.69, 9.17) is 11.5 Å². The van der Waals surface area contributed by atoms with Gasteiger partial charge < -0.3 is 12.9 Å². The molecule has 0 bridgehead atoms. The Labute approximate surface area is 84.1 Å². The van der Waals surface area contributed by atoms with Gasteiger partial charge in [-0.25, -0.2) is 0 Å². The van der Waals surface area contributed by atoms with Crippen LogP contribution in [-0.2, 0) is 0 Å². The Balaban J connectivity index is -0.0000000150. The van der Waals surface area contributed by atoms with Gasteiger partial charge in [-0.1, -0.05) is 0 Å². The van der Waals surface area contributed by atoms with Crippen molar-refractivity contribution in [3.8, 4) is 0 Å². The van der Waals surface area contributed by atoms with Crippen molar-refractivity contribution in [1.29, 1.82) is 0 Å². The van der Waals surface area contributed by atoms with Crippen LogP contribution in [0.4, 0.5) is 0 Å². The number of hydrogen-bond acceptors (Lipinski definition) is 2. The summed E-state index contributed by atoms with van der Waals surface area (Å²) in [5.74, 6) is 0. The van der Waals surface area contributed by atoms with Crippen LogP contribution in [0.3, 0.4) is 0 Å². The maximum absolute atomic E-state index is 4.85. The third-order valence-electron chi connectivity index (χ3n) is 0.136. The fraction of sp³-hybridized carbons (Fsp3) is 0.500. The van der Waals surface area contributed by atoms with Crippen LogP contribution < -0.4 is 70.6 Å². The Kier molecular flexibility index (Phi) is 41.2. The summed E-state index contributed by atoms with van der Waals surface area (Å²) >= 11 is 0. The first-order valence-electron chi connectivity index (χ1n) is 1.15. The molecule has 0 heterocycles. The molecule has 0 rings (SSSR count). The molecule has 0 atom stereocenters. The molecule has 0 unspecified atom stereocenters. The van der Waals surface area contributed by atoms with Gasteiger partial charge in [0.15, 0.2) is 0 Å². The summed E-state index contributed by atoms with van der Waals surface area (Å²) in [4.78, 5) is 0. The number of rotatable bonds is 1. The molecule has 0 radical (unpaired) electrons. The molecule has 0 aromatic heterocycles. The first-order valence-corrected chi connectivity index (χ1v) is 1.15. The maximum atomic E-state index is 4.85. The van der Waals surface area contributed by atoms with Crippen molar-refractivity contribution < 1.29 is 60.5 Å². The molecule has 0 saturated heterocycles. The zero-order valence-electron chi connectivity index (χ0n) is 5.44. The molecule has 0 aromatic rings.